The predicted octanol–water partition coefficient (Wildman–Crippen LogP) is 4.71. The van der Waals surface area contributed by atoms with E-state index < -0.39 is 30.3 Å². The molecule has 13 heteroatoms. The fourth-order valence-corrected chi connectivity index (χ4v) is 4.32. The fraction of sp³-hybridized carbons (Fsp3) is 0.333. The summed E-state index contributed by atoms with van der Waals surface area (Å²) in [5, 5.41) is 12.8. The Morgan fingerprint density at radius 2 is 2.16 bits per heavy atom. The van der Waals surface area contributed by atoms with Crippen LogP contribution in [0.25, 0.3) is 16.9 Å². The minimum absolute atomic E-state index is 0.0205. The van der Waals surface area contributed by atoms with Gasteiger partial charge >= 0.3 is 6.09 Å². The molecule has 1 amide bonds. The average molecular weight is 530 g/mol. The van der Waals surface area contributed by atoms with Gasteiger partial charge in [0.1, 0.15) is 17.6 Å². The second-order valence-electron chi connectivity index (χ2n) is 9.41. The molecule has 192 valence electrons. The number of aromatic nitrogens is 5. The van der Waals surface area contributed by atoms with Crippen molar-refractivity contribution in [3.8, 4) is 11.3 Å². The van der Waals surface area contributed by atoms with Crippen LogP contribution in [0.4, 0.5) is 25.3 Å². The largest absolute Gasteiger partial charge is 0.441 e. The number of aromatic amines is 1. The first-order valence-corrected chi connectivity index (χ1v) is 12.0. The van der Waals surface area contributed by atoms with E-state index in [0.717, 1.165) is 12.8 Å². The van der Waals surface area contributed by atoms with E-state index in [0.29, 0.717) is 34.4 Å². The van der Waals surface area contributed by atoms with Gasteiger partial charge < -0.3 is 20.1 Å². The maximum Gasteiger partial charge on any atom is 0.408 e. The van der Waals surface area contributed by atoms with Crippen molar-refractivity contribution in [1.82, 2.24) is 29.9 Å². The molecule has 2 aliphatic rings. The monoisotopic (exact) mass is 529 g/mol. The number of anilines is 2. The molecule has 1 aliphatic heterocycles. The molecule has 4 aromatic rings. The molecule has 0 spiro atoms. The van der Waals surface area contributed by atoms with Crippen LogP contribution in [0.1, 0.15) is 31.6 Å². The predicted molar refractivity (Wildman–Crippen MR) is 130 cm³/mol. The SMILES string of the molecule is CC1(NC(=O)O[C@H]2CO[C@@H](c3cc(Nc4nc(-c5ccc(F)c(Cl)c5)cc5nccn45)n[nH]3)[C@H]2F)CC1. The smallest absolute Gasteiger partial charge is 0.408 e. The van der Waals surface area contributed by atoms with Crippen molar-refractivity contribution in [2.45, 2.75) is 43.7 Å². The van der Waals surface area contributed by atoms with Crippen LogP contribution >= 0.6 is 11.6 Å². The third-order valence-corrected chi connectivity index (χ3v) is 6.79. The van der Waals surface area contributed by atoms with Gasteiger partial charge in [0.05, 0.1) is 23.0 Å². The summed E-state index contributed by atoms with van der Waals surface area (Å²) in [7, 11) is 0. The summed E-state index contributed by atoms with van der Waals surface area (Å²) >= 11 is 5.95. The van der Waals surface area contributed by atoms with Gasteiger partial charge in [-0.05, 0) is 38.0 Å². The van der Waals surface area contributed by atoms with Gasteiger partial charge in [-0.1, -0.05) is 11.6 Å². The molecule has 1 saturated heterocycles. The molecule has 1 aliphatic carbocycles. The Labute approximate surface area is 214 Å². The van der Waals surface area contributed by atoms with Gasteiger partial charge in [-0.3, -0.25) is 9.50 Å². The van der Waals surface area contributed by atoms with E-state index in [9.17, 15) is 9.18 Å². The van der Waals surface area contributed by atoms with E-state index in [2.05, 4.69) is 30.8 Å². The molecule has 6 rings (SSSR count). The van der Waals surface area contributed by atoms with Crippen LogP contribution in [-0.4, -0.2) is 55.1 Å². The molecule has 4 heterocycles. The number of hydrogen-bond donors (Lipinski definition) is 3. The van der Waals surface area contributed by atoms with Gasteiger partial charge in [-0.25, -0.2) is 23.5 Å². The minimum atomic E-state index is -1.57. The Kier molecular flexibility index (Phi) is 5.72. The van der Waals surface area contributed by atoms with Crippen LogP contribution in [0.3, 0.4) is 0 Å². The van der Waals surface area contributed by atoms with E-state index in [4.69, 9.17) is 21.1 Å². The molecule has 1 aromatic carbocycles. The molecular formula is C24H22ClF2N7O3. The Morgan fingerprint density at radius 1 is 1.32 bits per heavy atom. The number of carbonyl (C=O) groups excluding carboxylic acids is 1. The number of imidazole rings is 1. The highest BCUT2D eigenvalue weighted by molar-refractivity contribution is 6.31. The van der Waals surface area contributed by atoms with Crippen LogP contribution < -0.4 is 10.6 Å². The molecule has 37 heavy (non-hydrogen) atoms. The van der Waals surface area contributed by atoms with Crippen molar-refractivity contribution in [1.29, 1.82) is 0 Å². The number of alkyl carbamates (subject to hydrolysis) is 1. The molecule has 1 saturated carbocycles. The summed E-state index contributed by atoms with van der Waals surface area (Å²) in [6, 6.07) is 7.66. The number of benzene rings is 1. The van der Waals surface area contributed by atoms with Crippen LogP contribution in [-0.2, 0) is 9.47 Å². The molecule has 0 unspecified atom stereocenters. The minimum Gasteiger partial charge on any atom is -0.441 e. The molecule has 3 N–H and O–H groups in total. The number of carbonyl (C=O) groups is 1. The van der Waals surface area contributed by atoms with Crippen molar-refractivity contribution in [2.24, 2.45) is 0 Å². The number of fused-ring (bicyclic) bond motifs is 1. The van der Waals surface area contributed by atoms with Crippen molar-refractivity contribution in [3.05, 3.63) is 59.3 Å². The van der Waals surface area contributed by atoms with Gasteiger partial charge in [0.2, 0.25) is 5.95 Å². The molecule has 3 aromatic heterocycles. The molecule has 3 atom stereocenters. The summed E-state index contributed by atoms with van der Waals surface area (Å²) in [5.74, 6) is 0.200. The van der Waals surface area contributed by atoms with E-state index in [-0.39, 0.29) is 17.2 Å². The molecule has 10 nitrogen and oxygen atoms in total. The maximum absolute atomic E-state index is 15.1. The third-order valence-electron chi connectivity index (χ3n) is 6.50. The highest BCUT2D eigenvalue weighted by atomic mass is 35.5. The zero-order chi connectivity index (χ0) is 25.7. The second kappa shape index (κ2) is 8.96. The molecule has 0 bridgehead atoms. The van der Waals surface area contributed by atoms with Crippen molar-refractivity contribution >= 4 is 35.1 Å². The normalized spacial score (nSPS) is 22.2. The number of rotatable bonds is 6. The second-order valence-corrected chi connectivity index (χ2v) is 9.82. The lowest BCUT2D eigenvalue weighted by Crippen LogP contribution is -2.39. The summed E-state index contributed by atoms with van der Waals surface area (Å²) in [6.45, 7) is 1.84. The van der Waals surface area contributed by atoms with Crippen LogP contribution in [0, 0.1) is 5.82 Å². The first-order valence-electron chi connectivity index (χ1n) is 11.6. The van der Waals surface area contributed by atoms with Crippen LogP contribution in [0.2, 0.25) is 5.02 Å². The molecule has 2 fully saturated rings. The van der Waals surface area contributed by atoms with E-state index in [1.807, 2.05) is 6.92 Å². The highest BCUT2D eigenvalue weighted by Crippen LogP contribution is 2.36. The summed E-state index contributed by atoms with van der Waals surface area (Å²) in [6.07, 6.45) is 0.833. The summed E-state index contributed by atoms with van der Waals surface area (Å²) in [5.41, 5.74) is 1.82. The van der Waals surface area contributed by atoms with Crippen LogP contribution in [0.15, 0.2) is 42.7 Å². The zero-order valence-corrected chi connectivity index (χ0v) is 20.3. The number of nitrogens with one attached hydrogen (secondary N) is 3. The number of nitrogens with zero attached hydrogens (tertiary/aromatic N) is 4. The first kappa shape index (κ1) is 23.6. The Hall–Kier alpha value is -3.77. The number of hydrogen-bond acceptors (Lipinski definition) is 7. The average Bonchev–Trinajstić information content (AvgIpc) is 3.25. The quantitative estimate of drug-likeness (QED) is 0.331. The van der Waals surface area contributed by atoms with Gasteiger partial charge in [0.15, 0.2) is 18.1 Å². The highest BCUT2D eigenvalue weighted by Gasteiger charge is 2.44. The fourth-order valence-electron chi connectivity index (χ4n) is 4.14. The van der Waals surface area contributed by atoms with Crippen molar-refractivity contribution in [2.75, 3.05) is 11.9 Å². The number of H-pyrrole nitrogens is 1. The first-order chi connectivity index (χ1) is 17.8. The number of alkyl halides is 1. The van der Waals surface area contributed by atoms with Crippen molar-refractivity contribution < 1.29 is 23.0 Å². The lowest BCUT2D eigenvalue weighted by atomic mass is 10.1. The van der Waals surface area contributed by atoms with E-state index in [1.165, 1.54) is 12.1 Å². The molecule has 0 radical (unpaired) electrons. The van der Waals surface area contributed by atoms with Gasteiger partial charge in [-0.2, -0.15) is 5.10 Å². The van der Waals surface area contributed by atoms with Crippen LogP contribution in [0.5, 0.6) is 0 Å². The Balaban J connectivity index is 1.19. The maximum atomic E-state index is 15.1. The third kappa shape index (κ3) is 4.69. The lowest BCUT2D eigenvalue weighted by molar-refractivity contribution is 0.0604. The standard InChI is InChI=1S/C24H22ClF2N7O3/c1-24(4-5-24)31-23(35)37-17-11-36-21(20(17)27)16-9-18(33-32-16)30-22-29-15(10-19-28-6-7-34(19)22)12-2-3-14(26)13(25)8-12/h2-3,6-10,17,20-21H,4-5,11H2,1H3,(H,31,35)(H2,29,30,32,33)/t17-,20-,21-/m0/s1. The van der Waals surface area contributed by atoms with Gasteiger partial charge in [0, 0.05) is 35.6 Å². The van der Waals surface area contributed by atoms with Gasteiger partial charge in [0.25, 0.3) is 0 Å². The Bertz CT molecular complexity index is 1490. The zero-order valence-electron chi connectivity index (χ0n) is 19.5. The van der Waals surface area contributed by atoms with Gasteiger partial charge in [-0.15, -0.1) is 0 Å². The number of halogens is 3. The topological polar surface area (TPSA) is 118 Å². The van der Waals surface area contributed by atoms with E-state index in [1.54, 1.807) is 35.0 Å². The Morgan fingerprint density at radius 3 is 2.95 bits per heavy atom. The number of amides is 1. The van der Waals surface area contributed by atoms with Crippen molar-refractivity contribution in [3.63, 3.8) is 0 Å². The summed E-state index contributed by atoms with van der Waals surface area (Å²) < 4.78 is 41.3. The van der Waals surface area contributed by atoms with E-state index >= 15 is 4.39 Å². The lowest BCUT2D eigenvalue weighted by Gasteiger charge is -2.17. The number of ether oxygens (including phenoxy) is 2. The molecular weight excluding hydrogens is 508 g/mol. The summed E-state index contributed by atoms with van der Waals surface area (Å²) in [4.78, 5) is 21.0.